The molecule has 0 saturated carbocycles. The van der Waals surface area contributed by atoms with Crippen molar-refractivity contribution in [3.63, 3.8) is 0 Å². The van der Waals surface area contributed by atoms with Crippen LogP contribution in [0.1, 0.15) is 6.42 Å². The lowest BCUT2D eigenvalue weighted by Gasteiger charge is -2.11. The van der Waals surface area contributed by atoms with Crippen LogP contribution in [-0.4, -0.2) is 35.7 Å². The Balaban J connectivity index is 1.28. The second-order valence-corrected chi connectivity index (χ2v) is 7.95. The van der Waals surface area contributed by atoms with Crippen LogP contribution < -0.4 is 19.5 Å². The van der Waals surface area contributed by atoms with Gasteiger partial charge in [0.15, 0.2) is 18.1 Å². The van der Waals surface area contributed by atoms with E-state index in [1.807, 2.05) is 36.4 Å². The molecule has 0 atom stereocenters. The molecule has 1 N–H and O–H groups in total. The number of nitrogens with zero attached hydrogens (tertiary/aromatic N) is 2. The van der Waals surface area contributed by atoms with Gasteiger partial charge < -0.3 is 19.5 Å². The number of benzene rings is 2. The number of rotatable bonds is 5. The number of carbonyl (C=O) groups is 1. The summed E-state index contributed by atoms with van der Waals surface area (Å²) in [7, 11) is 0. The molecule has 8 heteroatoms. The summed E-state index contributed by atoms with van der Waals surface area (Å²) in [5, 5.41) is 3.61. The molecule has 1 aliphatic heterocycles. The fraction of sp³-hybridized carbons (Fsp3) is 0.174. The minimum absolute atomic E-state index is 0.170. The first-order chi connectivity index (χ1) is 15.3. The molecule has 2 aromatic heterocycles. The number of thiophene rings is 1. The fourth-order valence-corrected chi connectivity index (χ4v) is 4.26. The molecule has 0 fully saturated rings. The normalized spacial score (nSPS) is 12.9. The maximum absolute atomic E-state index is 12.4. The maximum Gasteiger partial charge on any atom is 0.262 e. The summed E-state index contributed by atoms with van der Waals surface area (Å²) in [5.41, 5.74) is 1.72. The Kier molecular flexibility index (Phi) is 5.37. The van der Waals surface area contributed by atoms with Crippen molar-refractivity contribution in [3.05, 3.63) is 60.9 Å². The number of nitrogens with one attached hydrogen (secondary N) is 1. The Morgan fingerprint density at radius 2 is 1.87 bits per heavy atom. The molecule has 0 radical (unpaired) electrons. The van der Waals surface area contributed by atoms with E-state index in [1.165, 1.54) is 6.33 Å². The van der Waals surface area contributed by atoms with Gasteiger partial charge in [0.25, 0.3) is 5.91 Å². The van der Waals surface area contributed by atoms with Gasteiger partial charge in [-0.15, -0.1) is 11.3 Å². The van der Waals surface area contributed by atoms with Gasteiger partial charge >= 0.3 is 0 Å². The monoisotopic (exact) mass is 433 g/mol. The van der Waals surface area contributed by atoms with Crippen molar-refractivity contribution in [2.45, 2.75) is 6.42 Å². The predicted octanol–water partition coefficient (Wildman–Crippen LogP) is 4.54. The summed E-state index contributed by atoms with van der Waals surface area (Å²) in [4.78, 5) is 22.9. The van der Waals surface area contributed by atoms with E-state index in [1.54, 1.807) is 29.5 Å². The molecule has 0 aliphatic carbocycles. The van der Waals surface area contributed by atoms with Crippen molar-refractivity contribution >= 4 is 33.1 Å². The van der Waals surface area contributed by atoms with Crippen molar-refractivity contribution in [3.8, 4) is 27.8 Å². The summed E-state index contributed by atoms with van der Waals surface area (Å²) in [6.07, 6.45) is 2.27. The van der Waals surface area contributed by atoms with Gasteiger partial charge in [-0.2, -0.15) is 0 Å². The number of ether oxygens (including phenoxy) is 3. The summed E-state index contributed by atoms with van der Waals surface area (Å²) in [6, 6.07) is 17.4. The molecule has 4 aromatic rings. The van der Waals surface area contributed by atoms with E-state index in [9.17, 15) is 4.79 Å². The first kappa shape index (κ1) is 19.3. The Bertz CT molecular complexity index is 1230. The van der Waals surface area contributed by atoms with E-state index < -0.39 is 0 Å². The largest absolute Gasteiger partial charge is 0.490 e. The van der Waals surface area contributed by atoms with Crippen molar-refractivity contribution in [2.75, 3.05) is 25.1 Å². The molecular formula is C23H19N3O4S. The zero-order chi connectivity index (χ0) is 21.0. The smallest absolute Gasteiger partial charge is 0.262 e. The third kappa shape index (κ3) is 4.29. The number of anilines is 1. The van der Waals surface area contributed by atoms with E-state index in [0.29, 0.717) is 36.3 Å². The van der Waals surface area contributed by atoms with Crippen molar-refractivity contribution < 1.29 is 19.0 Å². The molecular weight excluding hydrogens is 414 g/mol. The van der Waals surface area contributed by atoms with Crippen molar-refractivity contribution in [2.24, 2.45) is 0 Å². The van der Waals surface area contributed by atoms with Crippen LogP contribution in [0.25, 0.3) is 20.7 Å². The topological polar surface area (TPSA) is 82.6 Å². The molecule has 0 saturated heterocycles. The van der Waals surface area contributed by atoms with Crippen LogP contribution in [0.2, 0.25) is 0 Å². The van der Waals surface area contributed by atoms with Crippen LogP contribution in [-0.2, 0) is 4.79 Å². The molecule has 7 nitrogen and oxygen atoms in total. The maximum atomic E-state index is 12.4. The lowest BCUT2D eigenvalue weighted by molar-refractivity contribution is -0.118. The number of amides is 1. The summed E-state index contributed by atoms with van der Waals surface area (Å²) in [5.74, 6) is 1.40. The second kappa shape index (κ2) is 8.61. The molecule has 1 amide bonds. The van der Waals surface area contributed by atoms with E-state index in [4.69, 9.17) is 14.2 Å². The second-order valence-electron chi connectivity index (χ2n) is 6.92. The summed E-state index contributed by atoms with van der Waals surface area (Å²) < 4.78 is 17.0. The average molecular weight is 433 g/mol. The summed E-state index contributed by atoms with van der Waals surface area (Å²) >= 11 is 1.56. The highest BCUT2D eigenvalue weighted by Crippen LogP contribution is 2.36. The molecule has 5 rings (SSSR count). The predicted molar refractivity (Wildman–Crippen MR) is 119 cm³/mol. The molecule has 0 unspecified atom stereocenters. The van der Waals surface area contributed by atoms with Crippen LogP contribution in [0.3, 0.4) is 0 Å². The van der Waals surface area contributed by atoms with Crippen LogP contribution in [0.5, 0.6) is 17.4 Å². The SMILES string of the molecule is O=C(COc1ncnc2sc(-c3ccccc3)cc12)Nc1ccc2c(c1)OCCCO2. The lowest BCUT2D eigenvalue weighted by Crippen LogP contribution is -2.20. The van der Waals surface area contributed by atoms with Gasteiger partial charge in [0.2, 0.25) is 5.88 Å². The molecule has 0 bridgehead atoms. The van der Waals surface area contributed by atoms with Crippen molar-refractivity contribution in [1.29, 1.82) is 0 Å². The summed E-state index contributed by atoms with van der Waals surface area (Å²) in [6.45, 7) is 1.04. The van der Waals surface area contributed by atoms with E-state index in [0.717, 1.165) is 27.1 Å². The van der Waals surface area contributed by atoms with Gasteiger partial charge in [-0.25, -0.2) is 9.97 Å². The molecule has 156 valence electrons. The van der Waals surface area contributed by atoms with Gasteiger partial charge in [0, 0.05) is 23.1 Å². The Morgan fingerprint density at radius 1 is 1.03 bits per heavy atom. The van der Waals surface area contributed by atoms with Crippen LogP contribution in [0, 0.1) is 0 Å². The minimum Gasteiger partial charge on any atom is -0.490 e. The van der Waals surface area contributed by atoms with E-state index in [2.05, 4.69) is 15.3 Å². The highest BCUT2D eigenvalue weighted by atomic mass is 32.1. The fourth-order valence-electron chi connectivity index (χ4n) is 3.27. The molecule has 0 spiro atoms. The Hall–Kier alpha value is -3.65. The van der Waals surface area contributed by atoms with E-state index >= 15 is 0 Å². The highest BCUT2D eigenvalue weighted by molar-refractivity contribution is 7.21. The van der Waals surface area contributed by atoms with Gasteiger partial charge in [-0.1, -0.05) is 30.3 Å². The highest BCUT2D eigenvalue weighted by Gasteiger charge is 2.14. The van der Waals surface area contributed by atoms with Crippen LogP contribution in [0.4, 0.5) is 5.69 Å². The first-order valence-electron chi connectivity index (χ1n) is 9.88. The quantitative estimate of drug-likeness (QED) is 0.498. The number of carbonyl (C=O) groups excluding carboxylic acids is 1. The first-order valence-corrected chi connectivity index (χ1v) is 10.7. The third-order valence-corrected chi connectivity index (χ3v) is 5.81. The molecule has 3 heterocycles. The minimum atomic E-state index is -0.292. The number of aromatic nitrogens is 2. The Morgan fingerprint density at radius 3 is 2.74 bits per heavy atom. The zero-order valence-electron chi connectivity index (χ0n) is 16.5. The van der Waals surface area contributed by atoms with Crippen molar-refractivity contribution in [1.82, 2.24) is 9.97 Å². The number of fused-ring (bicyclic) bond motifs is 2. The number of hydrogen-bond acceptors (Lipinski definition) is 7. The standard InChI is InChI=1S/C23H19N3O4S/c27-21(26-16-7-8-18-19(11-16)29-10-4-9-28-18)13-30-22-17-12-20(15-5-2-1-3-6-15)31-23(17)25-14-24-22/h1-3,5-8,11-12,14H,4,9-10,13H2,(H,26,27). The van der Waals surface area contributed by atoms with Gasteiger partial charge in [-0.05, 0) is 23.8 Å². The third-order valence-electron chi connectivity index (χ3n) is 4.72. The molecule has 1 aliphatic rings. The Labute approximate surface area is 182 Å². The molecule has 31 heavy (non-hydrogen) atoms. The molecule has 2 aromatic carbocycles. The number of hydrogen-bond donors (Lipinski definition) is 1. The van der Waals surface area contributed by atoms with Gasteiger partial charge in [0.05, 0.1) is 18.6 Å². The zero-order valence-corrected chi connectivity index (χ0v) is 17.4. The lowest BCUT2D eigenvalue weighted by atomic mass is 10.2. The van der Waals surface area contributed by atoms with Crippen LogP contribution >= 0.6 is 11.3 Å². The van der Waals surface area contributed by atoms with Crippen LogP contribution in [0.15, 0.2) is 60.9 Å². The average Bonchev–Trinajstić information content (AvgIpc) is 3.11. The van der Waals surface area contributed by atoms with Gasteiger partial charge in [-0.3, -0.25) is 4.79 Å². The van der Waals surface area contributed by atoms with Gasteiger partial charge in [0.1, 0.15) is 11.2 Å². The van der Waals surface area contributed by atoms with E-state index in [-0.39, 0.29) is 12.5 Å².